The van der Waals surface area contributed by atoms with Crippen molar-refractivity contribution in [2.45, 2.75) is 13.8 Å². The number of hydrogen-bond acceptors (Lipinski definition) is 8. The van der Waals surface area contributed by atoms with Crippen molar-refractivity contribution in [1.29, 1.82) is 0 Å². The molecule has 0 amide bonds. The summed E-state index contributed by atoms with van der Waals surface area (Å²) in [6.07, 6.45) is 0. The highest BCUT2D eigenvalue weighted by Crippen LogP contribution is 2.02. The molecule has 0 N–H and O–H groups in total. The van der Waals surface area contributed by atoms with E-state index in [1.807, 2.05) is 0 Å². The van der Waals surface area contributed by atoms with E-state index in [2.05, 4.69) is 8.67 Å². The van der Waals surface area contributed by atoms with Gasteiger partial charge in [0.1, 0.15) is 0 Å². The van der Waals surface area contributed by atoms with Gasteiger partial charge in [-0.2, -0.15) is 16.8 Å². The van der Waals surface area contributed by atoms with E-state index < -0.39 is 30.5 Å². The minimum absolute atomic E-state index is 0.624. The van der Waals surface area contributed by atoms with Gasteiger partial charge in [0.25, 0.3) is 10.2 Å². The van der Waals surface area contributed by atoms with Gasteiger partial charge >= 0.3 is 20.2 Å². The predicted molar refractivity (Wildman–Crippen MR) is 41.4 cm³/mol. The normalized spacial score (nSPS) is 12.4. The third-order valence-electron chi connectivity index (χ3n) is 0.911. The van der Waals surface area contributed by atoms with Gasteiger partial charge < -0.3 is 0 Å². The summed E-state index contributed by atoms with van der Waals surface area (Å²) in [7, 11) is -9.51. The average molecular weight is 246 g/mol. The largest absolute Gasteiger partial charge is 0.358 e. The van der Waals surface area contributed by atoms with Crippen LogP contribution >= 0.6 is 0 Å². The predicted octanol–water partition coefficient (Wildman–Crippen LogP) is -1.31. The second-order valence-electron chi connectivity index (χ2n) is 2.03. The molecule has 0 fully saturated rings. The van der Waals surface area contributed by atoms with Gasteiger partial charge in [-0.25, -0.2) is 0 Å². The molecule has 0 saturated carbocycles. The Morgan fingerprint density at radius 3 is 1.14 bits per heavy atom. The second kappa shape index (κ2) is 4.13. The SMILES string of the molecule is CC(=O)S(=O)(=O)OOS(=O)(=O)C(C)=O. The monoisotopic (exact) mass is 246 g/mol. The van der Waals surface area contributed by atoms with Crippen molar-refractivity contribution in [3.63, 3.8) is 0 Å². The summed E-state index contributed by atoms with van der Waals surface area (Å²) in [5.74, 6) is 0. The Labute approximate surface area is 80.0 Å². The maximum atomic E-state index is 10.5. The molecule has 0 heterocycles. The molecule has 0 unspecified atom stereocenters. The van der Waals surface area contributed by atoms with E-state index in [1.165, 1.54) is 0 Å². The zero-order chi connectivity index (χ0) is 11.6. The zero-order valence-corrected chi connectivity index (χ0v) is 8.72. The van der Waals surface area contributed by atoms with Gasteiger partial charge in [-0.1, -0.05) is 8.67 Å². The molecule has 0 radical (unpaired) electrons. The maximum absolute atomic E-state index is 10.5. The van der Waals surface area contributed by atoms with Crippen LogP contribution in [0.1, 0.15) is 13.8 Å². The van der Waals surface area contributed by atoms with Crippen molar-refractivity contribution in [2.75, 3.05) is 0 Å². The summed E-state index contributed by atoms with van der Waals surface area (Å²) >= 11 is 0. The fourth-order valence-electron chi connectivity index (χ4n) is 0.169. The van der Waals surface area contributed by atoms with Gasteiger partial charge in [-0.3, -0.25) is 9.59 Å². The minimum Gasteiger partial charge on any atom is -0.279 e. The van der Waals surface area contributed by atoms with E-state index in [1.54, 1.807) is 0 Å². The summed E-state index contributed by atoms with van der Waals surface area (Å²) in [5, 5.41) is -2.90. The van der Waals surface area contributed by atoms with Crippen LogP contribution in [0.3, 0.4) is 0 Å². The summed E-state index contributed by atoms with van der Waals surface area (Å²) in [6.45, 7) is 1.25. The summed E-state index contributed by atoms with van der Waals surface area (Å²) in [5.41, 5.74) is 0. The van der Waals surface area contributed by atoms with Crippen LogP contribution in [0.2, 0.25) is 0 Å². The Morgan fingerprint density at radius 1 is 0.786 bits per heavy atom. The Bertz CT molecular complexity index is 396. The summed E-state index contributed by atoms with van der Waals surface area (Å²) in [6, 6.07) is 0. The van der Waals surface area contributed by atoms with Crippen molar-refractivity contribution in [3.8, 4) is 0 Å². The standard InChI is InChI=1S/C4H6O8S2/c1-3(5)13(7,8)11-12-14(9,10)4(2)6/h1-2H3. The molecule has 0 atom stereocenters. The summed E-state index contributed by atoms with van der Waals surface area (Å²) in [4.78, 5) is 20.6. The Kier molecular flexibility index (Phi) is 3.88. The molecule has 82 valence electrons. The van der Waals surface area contributed by atoms with Gasteiger partial charge in [0.2, 0.25) is 0 Å². The molecule has 0 aliphatic heterocycles. The van der Waals surface area contributed by atoms with Crippen LogP contribution in [0.5, 0.6) is 0 Å². The first-order chi connectivity index (χ1) is 6.09. The van der Waals surface area contributed by atoms with E-state index in [4.69, 9.17) is 0 Å². The molecule has 0 aromatic heterocycles. The highest BCUT2D eigenvalue weighted by Gasteiger charge is 2.26. The van der Waals surface area contributed by atoms with Gasteiger partial charge in [-0.05, 0) is 0 Å². The van der Waals surface area contributed by atoms with E-state index in [0.29, 0.717) is 13.8 Å². The first-order valence-corrected chi connectivity index (χ1v) is 5.80. The number of hydrogen-bond donors (Lipinski definition) is 0. The average Bonchev–Trinajstić information content (AvgIpc) is 2.01. The molecular weight excluding hydrogens is 240 g/mol. The lowest BCUT2D eigenvalue weighted by molar-refractivity contribution is -0.122. The Morgan fingerprint density at radius 2 is 1.00 bits per heavy atom. The van der Waals surface area contributed by atoms with Crippen LogP contribution in [0.25, 0.3) is 0 Å². The van der Waals surface area contributed by atoms with E-state index >= 15 is 0 Å². The molecule has 0 aliphatic rings. The molecule has 0 aliphatic carbocycles. The Balaban J connectivity index is 4.67. The molecular formula is C4H6O8S2. The van der Waals surface area contributed by atoms with Crippen molar-refractivity contribution in [3.05, 3.63) is 0 Å². The van der Waals surface area contributed by atoms with Crippen molar-refractivity contribution >= 4 is 30.5 Å². The van der Waals surface area contributed by atoms with Gasteiger partial charge in [0.15, 0.2) is 0 Å². The molecule has 0 aromatic rings. The quantitative estimate of drug-likeness (QED) is 0.444. The van der Waals surface area contributed by atoms with E-state index in [0.717, 1.165) is 0 Å². The first kappa shape index (κ1) is 13.2. The van der Waals surface area contributed by atoms with Crippen molar-refractivity contribution in [1.82, 2.24) is 0 Å². The van der Waals surface area contributed by atoms with E-state index in [-0.39, 0.29) is 0 Å². The van der Waals surface area contributed by atoms with Crippen LogP contribution < -0.4 is 0 Å². The van der Waals surface area contributed by atoms with Crippen molar-refractivity contribution < 1.29 is 35.1 Å². The molecule has 0 aromatic carbocycles. The molecule has 14 heavy (non-hydrogen) atoms. The number of carbonyl (C=O) groups is 2. The molecule has 0 saturated heterocycles. The molecule has 0 spiro atoms. The molecule has 10 heteroatoms. The lowest BCUT2D eigenvalue weighted by Crippen LogP contribution is -2.21. The van der Waals surface area contributed by atoms with Crippen LogP contribution in [-0.4, -0.2) is 27.1 Å². The molecule has 0 rings (SSSR count). The highest BCUT2D eigenvalue weighted by atomic mass is 32.2. The summed E-state index contributed by atoms with van der Waals surface area (Å²) < 4.78 is 48.8. The highest BCUT2D eigenvalue weighted by molar-refractivity contribution is 8.03. The van der Waals surface area contributed by atoms with Crippen LogP contribution in [-0.2, 0) is 38.5 Å². The van der Waals surface area contributed by atoms with Crippen LogP contribution in [0.15, 0.2) is 0 Å². The first-order valence-electron chi connectivity index (χ1n) is 2.98. The van der Waals surface area contributed by atoms with Crippen LogP contribution in [0, 0.1) is 0 Å². The molecule has 8 nitrogen and oxygen atoms in total. The smallest absolute Gasteiger partial charge is 0.279 e. The third-order valence-corrected chi connectivity index (χ3v) is 2.90. The topological polar surface area (TPSA) is 121 Å². The van der Waals surface area contributed by atoms with Gasteiger partial charge in [0, 0.05) is 13.8 Å². The lowest BCUT2D eigenvalue weighted by atomic mass is 10.9. The Hall–Kier alpha value is -0.840. The fourth-order valence-corrected chi connectivity index (χ4v) is 0.946. The van der Waals surface area contributed by atoms with Gasteiger partial charge in [0.05, 0.1) is 0 Å². The number of carbonyl (C=O) groups excluding carboxylic acids is 2. The fraction of sp³-hybridized carbons (Fsp3) is 0.500. The third kappa shape index (κ3) is 3.49. The molecule has 0 bridgehead atoms. The second-order valence-corrected chi connectivity index (χ2v) is 5.27. The van der Waals surface area contributed by atoms with E-state index in [9.17, 15) is 26.4 Å². The number of rotatable bonds is 3. The minimum atomic E-state index is -4.76. The van der Waals surface area contributed by atoms with Crippen molar-refractivity contribution in [2.24, 2.45) is 0 Å². The lowest BCUT2D eigenvalue weighted by Gasteiger charge is -1.99. The van der Waals surface area contributed by atoms with Crippen LogP contribution in [0.4, 0.5) is 0 Å². The maximum Gasteiger partial charge on any atom is 0.358 e. The zero-order valence-electron chi connectivity index (χ0n) is 7.08. The van der Waals surface area contributed by atoms with Gasteiger partial charge in [-0.15, -0.1) is 0 Å².